The Labute approximate surface area is 101 Å². The molecule has 3 unspecified atom stereocenters. The van der Waals surface area contributed by atoms with Gasteiger partial charge in [0, 0.05) is 17.7 Å². The Morgan fingerprint density at radius 2 is 1.81 bits per heavy atom. The Balaban J connectivity index is 3.93. The van der Waals surface area contributed by atoms with E-state index in [1.807, 2.05) is 6.26 Å². The zero-order valence-electron chi connectivity index (χ0n) is 10.3. The second-order valence-electron chi connectivity index (χ2n) is 4.04. The molecule has 0 aromatic heterocycles. The van der Waals surface area contributed by atoms with Gasteiger partial charge >= 0.3 is 5.97 Å². The summed E-state index contributed by atoms with van der Waals surface area (Å²) < 4.78 is 0. The number of hydrogen-bond acceptors (Lipinski definition) is 3. The van der Waals surface area contributed by atoms with E-state index in [1.54, 1.807) is 25.6 Å². The van der Waals surface area contributed by atoms with Crippen LogP contribution in [0.3, 0.4) is 0 Å². The van der Waals surface area contributed by atoms with Crippen molar-refractivity contribution in [1.82, 2.24) is 5.32 Å². The molecule has 0 saturated carbocycles. The molecule has 0 aromatic carbocycles. The van der Waals surface area contributed by atoms with Gasteiger partial charge in [-0.1, -0.05) is 20.8 Å². The molecule has 2 N–H and O–H groups in total. The first-order valence-corrected chi connectivity index (χ1v) is 6.72. The standard InChI is InChI=1S/C11H21NO3S/c1-7(16-4)5-6-12-10(13)8(2)9(3)11(14)15/h7-9H,5-6H2,1-4H3,(H,12,13)(H,14,15). The van der Waals surface area contributed by atoms with Gasteiger partial charge in [-0.2, -0.15) is 11.8 Å². The normalized spacial score (nSPS) is 16.2. The Hall–Kier alpha value is -0.710. The fourth-order valence-electron chi connectivity index (χ4n) is 1.12. The van der Waals surface area contributed by atoms with Crippen LogP contribution in [0, 0.1) is 11.8 Å². The summed E-state index contributed by atoms with van der Waals surface area (Å²) in [6.07, 6.45) is 2.93. The zero-order valence-corrected chi connectivity index (χ0v) is 11.1. The molecule has 0 rings (SSSR count). The minimum absolute atomic E-state index is 0.178. The number of carboxylic acids is 1. The highest BCUT2D eigenvalue weighted by atomic mass is 32.2. The van der Waals surface area contributed by atoms with Gasteiger partial charge in [-0.3, -0.25) is 9.59 Å². The highest BCUT2D eigenvalue weighted by molar-refractivity contribution is 7.99. The molecule has 1 amide bonds. The molecule has 0 bridgehead atoms. The fourth-order valence-corrected chi connectivity index (χ4v) is 1.47. The lowest BCUT2D eigenvalue weighted by atomic mass is 9.95. The molecule has 3 atom stereocenters. The van der Waals surface area contributed by atoms with Crippen LogP contribution in [0.1, 0.15) is 27.2 Å². The summed E-state index contributed by atoms with van der Waals surface area (Å²) in [5.41, 5.74) is 0. The average Bonchev–Trinajstić information content (AvgIpc) is 2.26. The summed E-state index contributed by atoms with van der Waals surface area (Å²) in [6.45, 7) is 5.90. The number of rotatable bonds is 7. The van der Waals surface area contributed by atoms with Crippen LogP contribution in [0.15, 0.2) is 0 Å². The van der Waals surface area contributed by atoms with E-state index in [2.05, 4.69) is 12.2 Å². The van der Waals surface area contributed by atoms with Crippen molar-refractivity contribution in [2.45, 2.75) is 32.4 Å². The fraction of sp³-hybridized carbons (Fsp3) is 0.818. The number of thioether (sulfide) groups is 1. The van der Waals surface area contributed by atoms with E-state index in [1.165, 1.54) is 0 Å². The van der Waals surface area contributed by atoms with Crippen LogP contribution in [0.2, 0.25) is 0 Å². The van der Waals surface area contributed by atoms with Gasteiger partial charge in [0.2, 0.25) is 5.91 Å². The molecule has 0 saturated heterocycles. The summed E-state index contributed by atoms with van der Waals surface area (Å²) in [5, 5.41) is 12.0. The van der Waals surface area contributed by atoms with E-state index in [4.69, 9.17) is 5.11 Å². The monoisotopic (exact) mass is 247 g/mol. The molecule has 0 fully saturated rings. The second-order valence-corrected chi connectivity index (χ2v) is 5.32. The number of carbonyl (C=O) groups excluding carboxylic acids is 1. The number of carboxylic acid groups (broad SMARTS) is 1. The molecule has 0 aliphatic heterocycles. The molecule has 4 nitrogen and oxygen atoms in total. The summed E-state index contributed by atoms with van der Waals surface area (Å²) in [6, 6.07) is 0. The first-order chi connectivity index (χ1) is 7.40. The van der Waals surface area contributed by atoms with Gasteiger partial charge in [-0.25, -0.2) is 0 Å². The summed E-state index contributed by atoms with van der Waals surface area (Å²) >= 11 is 1.75. The minimum Gasteiger partial charge on any atom is -0.481 e. The van der Waals surface area contributed by atoms with Crippen LogP contribution in [0.25, 0.3) is 0 Å². The largest absolute Gasteiger partial charge is 0.481 e. The number of carbonyl (C=O) groups is 2. The van der Waals surface area contributed by atoms with Crippen molar-refractivity contribution in [3.63, 3.8) is 0 Å². The van der Waals surface area contributed by atoms with Crippen LogP contribution >= 0.6 is 11.8 Å². The van der Waals surface area contributed by atoms with Crippen molar-refractivity contribution < 1.29 is 14.7 Å². The van der Waals surface area contributed by atoms with Crippen molar-refractivity contribution in [3.8, 4) is 0 Å². The van der Waals surface area contributed by atoms with E-state index in [9.17, 15) is 9.59 Å². The van der Waals surface area contributed by atoms with E-state index in [0.717, 1.165) is 6.42 Å². The van der Waals surface area contributed by atoms with Gasteiger partial charge in [0.05, 0.1) is 5.92 Å². The number of nitrogens with one attached hydrogen (secondary N) is 1. The molecular formula is C11H21NO3S. The van der Waals surface area contributed by atoms with Crippen LogP contribution in [0.4, 0.5) is 0 Å². The molecule has 0 aromatic rings. The molecule has 0 aliphatic rings. The molecule has 5 heteroatoms. The summed E-state index contributed by atoms with van der Waals surface area (Å²) in [7, 11) is 0. The second kappa shape index (κ2) is 7.54. The minimum atomic E-state index is -0.930. The van der Waals surface area contributed by atoms with Crippen molar-refractivity contribution in [2.24, 2.45) is 11.8 Å². The Bertz CT molecular complexity index is 245. The maximum atomic E-state index is 11.6. The number of aliphatic carboxylic acids is 1. The predicted molar refractivity (Wildman–Crippen MR) is 66.6 cm³/mol. The Morgan fingerprint density at radius 3 is 2.25 bits per heavy atom. The van der Waals surface area contributed by atoms with Gasteiger partial charge in [-0.15, -0.1) is 0 Å². The number of hydrogen-bond donors (Lipinski definition) is 2. The SMILES string of the molecule is CSC(C)CCNC(=O)C(C)C(C)C(=O)O. The van der Waals surface area contributed by atoms with Crippen LogP contribution in [0.5, 0.6) is 0 Å². The lowest BCUT2D eigenvalue weighted by molar-refractivity contribution is -0.146. The molecule has 0 heterocycles. The third-order valence-electron chi connectivity index (χ3n) is 2.81. The smallest absolute Gasteiger partial charge is 0.307 e. The third-order valence-corrected chi connectivity index (χ3v) is 3.85. The highest BCUT2D eigenvalue weighted by Gasteiger charge is 2.25. The maximum Gasteiger partial charge on any atom is 0.307 e. The van der Waals surface area contributed by atoms with Gasteiger partial charge in [0.25, 0.3) is 0 Å². The van der Waals surface area contributed by atoms with Crippen LogP contribution in [-0.2, 0) is 9.59 Å². The lowest BCUT2D eigenvalue weighted by Gasteiger charge is -2.16. The summed E-state index contributed by atoms with van der Waals surface area (Å²) in [4.78, 5) is 22.3. The van der Waals surface area contributed by atoms with Crippen molar-refractivity contribution in [2.75, 3.05) is 12.8 Å². The van der Waals surface area contributed by atoms with Gasteiger partial charge in [0.15, 0.2) is 0 Å². The first-order valence-electron chi connectivity index (χ1n) is 5.43. The molecule has 16 heavy (non-hydrogen) atoms. The van der Waals surface area contributed by atoms with Crippen molar-refractivity contribution in [1.29, 1.82) is 0 Å². The van der Waals surface area contributed by atoms with Gasteiger partial charge in [0.1, 0.15) is 0 Å². The molecule has 0 aliphatic carbocycles. The molecule has 0 spiro atoms. The van der Waals surface area contributed by atoms with E-state index in [-0.39, 0.29) is 5.91 Å². The Kier molecular flexibility index (Phi) is 7.21. The van der Waals surface area contributed by atoms with Crippen LogP contribution in [-0.4, -0.2) is 35.0 Å². The molecule has 94 valence electrons. The Morgan fingerprint density at radius 1 is 1.25 bits per heavy atom. The topological polar surface area (TPSA) is 66.4 Å². The molecular weight excluding hydrogens is 226 g/mol. The van der Waals surface area contributed by atoms with Crippen LogP contribution < -0.4 is 5.32 Å². The average molecular weight is 247 g/mol. The van der Waals surface area contributed by atoms with E-state index < -0.39 is 17.8 Å². The first kappa shape index (κ1) is 15.3. The van der Waals surface area contributed by atoms with E-state index >= 15 is 0 Å². The van der Waals surface area contributed by atoms with Crippen molar-refractivity contribution >= 4 is 23.6 Å². The van der Waals surface area contributed by atoms with Gasteiger partial charge < -0.3 is 10.4 Å². The maximum absolute atomic E-state index is 11.6. The lowest BCUT2D eigenvalue weighted by Crippen LogP contribution is -2.36. The number of amides is 1. The summed E-state index contributed by atoms with van der Waals surface area (Å²) in [5.74, 6) is -2.23. The van der Waals surface area contributed by atoms with E-state index in [0.29, 0.717) is 11.8 Å². The zero-order chi connectivity index (χ0) is 12.7. The highest BCUT2D eigenvalue weighted by Crippen LogP contribution is 2.12. The third kappa shape index (κ3) is 5.39. The van der Waals surface area contributed by atoms with Crippen molar-refractivity contribution in [3.05, 3.63) is 0 Å². The quantitative estimate of drug-likeness (QED) is 0.717. The molecule has 0 radical (unpaired) electrons. The van der Waals surface area contributed by atoms with Gasteiger partial charge in [-0.05, 0) is 12.7 Å². The predicted octanol–water partition coefficient (Wildman–Crippen LogP) is 1.60.